The van der Waals surface area contributed by atoms with Crippen LogP contribution in [0, 0.1) is 37.7 Å². The van der Waals surface area contributed by atoms with Crippen molar-refractivity contribution in [2.24, 2.45) is 0 Å². The van der Waals surface area contributed by atoms with Gasteiger partial charge in [-0.1, -0.05) is 0 Å². The summed E-state index contributed by atoms with van der Waals surface area (Å²) in [7, 11) is 0. The van der Waals surface area contributed by atoms with Gasteiger partial charge in [0.1, 0.15) is 11.6 Å². The van der Waals surface area contributed by atoms with Gasteiger partial charge >= 0.3 is 0 Å². The second-order valence-corrected chi connectivity index (χ2v) is 12.2. The Hall–Kier alpha value is 0.440. The van der Waals surface area contributed by atoms with Gasteiger partial charge in [-0.15, -0.1) is 0 Å². The number of hydrogen-bond acceptors (Lipinski definition) is 6. The number of ketones is 2. The van der Waals surface area contributed by atoms with Crippen LogP contribution in [0.4, 0.5) is 0 Å². The summed E-state index contributed by atoms with van der Waals surface area (Å²) in [4.78, 5) is 33.3. The van der Waals surface area contributed by atoms with Gasteiger partial charge in [0, 0.05) is 76.0 Å². The Balaban J connectivity index is 0.000000240. The van der Waals surface area contributed by atoms with Gasteiger partial charge in [0.25, 0.3) is 0 Å². The average Bonchev–Trinajstić information content (AvgIpc) is 3.54. The summed E-state index contributed by atoms with van der Waals surface area (Å²) >= 11 is 0. The molecule has 4 saturated heterocycles. The Bertz CT molecular complexity index is 612. The van der Waals surface area contributed by atoms with Crippen LogP contribution >= 0.6 is 0 Å². The molecule has 0 aromatic heterocycles. The Labute approximate surface area is 245 Å². The summed E-state index contributed by atoms with van der Waals surface area (Å²) in [5.74, 6) is 0.578. The third-order valence-corrected chi connectivity index (χ3v) is 9.55. The first-order chi connectivity index (χ1) is 16.0. The van der Waals surface area contributed by atoms with E-state index >= 15 is 0 Å². The van der Waals surface area contributed by atoms with Gasteiger partial charge in [-0.2, -0.15) is 0 Å². The number of nitrogens with zero attached hydrogens (tertiary/aromatic N) is 4. The van der Waals surface area contributed by atoms with Gasteiger partial charge in [0.05, 0.1) is 11.1 Å². The Morgan fingerprint density at radius 2 is 0.800 bits per heavy atom. The second-order valence-electron chi connectivity index (χ2n) is 12.2. The van der Waals surface area contributed by atoms with Crippen molar-refractivity contribution in [3.63, 3.8) is 0 Å². The van der Waals surface area contributed by atoms with Crippen molar-refractivity contribution in [2.75, 3.05) is 52.4 Å². The number of Topliss-reactive ketones (excluding diaryl/α,β-unsaturated/α-hetero) is 2. The molecule has 0 atom stereocenters. The van der Waals surface area contributed by atoms with E-state index in [1.165, 1.54) is 77.5 Å². The van der Waals surface area contributed by atoms with E-state index in [2.05, 4.69) is 47.3 Å². The molecule has 0 radical (unpaired) electrons. The summed E-state index contributed by atoms with van der Waals surface area (Å²) in [5, 5.41) is 0. The molecule has 4 fully saturated rings. The molecule has 6 nitrogen and oxygen atoms in total. The van der Waals surface area contributed by atoms with Crippen LogP contribution in [0.2, 0.25) is 0 Å². The van der Waals surface area contributed by atoms with Crippen LogP contribution in [-0.2, 0) is 9.59 Å². The van der Waals surface area contributed by atoms with Crippen LogP contribution in [0.5, 0.6) is 0 Å². The minimum Gasteiger partial charge on any atom is -0.300 e. The number of rotatable bonds is 6. The maximum absolute atomic E-state index is 11.7. The molecule has 7 heteroatoms. The SMILES string of the molecule is CC(=O)C(C)(C)N1CCC(N2CCCC2)CC1.CC(=O)C(C)(C)N1CCC(N2CCCC2)CC1.[Ar]. The number of likely N-dealkylation sites (tertiary alicyclic amines) is 4. The van der Waals surface area contributed by atoms with Crippen LogP contribution in [0.3, 0.4) is 0 Å². The fourth-order valence-corrected chi connectivity index (χ4v) is 6.24. The first-order valence-corrected chi connectivity index (χ1v) is 14.0. The van der Waals surface area contributed by atoms with E-state index in [0.717, 1.165) is 38.3 Å². The second kappa shape index (κ2) is 14.0. The van der Waals surface area contributed by atoms with Crippen molar-refractivity contribution in [3.05, 3.63) is 0 Å². The van der Waals surface area contributed by atoms with Crippen LogP contribution in [0.1, 0.15) is 92.9 Å². The molecule has 0 amide bonds. The molecule has 0 spiro atoms. The number of carbonyl (C=O) groups is 2. The summed E-state index contributed by atoms with van der Waals surface area (Å²) in [5.41, 5.74) is -0.536. The summed E-state index contributed by atoms with van der Waals surface area (Å²) in [6, 6.07) is 1.55. The van der Waals surface area contributed by atoms with Crippen molar-refractivity contribution < 1.29 is 47.3 Å². The first-order valence-electron chi connectivity index (χ1n) is 14.0. The average molecular weight is 517 g/mol. The molecule has 4 heterocycles. The van der Waals surface area contributed by atoms with E-state index in [1.54, 1.807) is 13.8 Å². The van der Waals surface area contributed by atoms with Gasteiger partial charge in [0.2, 0.25) is 0 Å². The molecule has 0 aromatic carbocycles. The third-order valence-electron chi connectivity index (χ3n) is 9.55. The van der Waals surface area contributed by atoms with E-state index in [-0.39, 0.29) is 60.4 Å². The van der Waals surface area contributed by atoms with Crippen molar-refractivity contribution in [2.45, 2.75) is 116 Å². The smallest absolute Gasteiger partial charge is 0.149 e. The standard InChI is InChI=1S/2C14H26N2O.Ar/c2*1-12(17)14(2,3)16-10-6-13(7-11-16)15-8-4-5-9-15;/h2*13H,4-11H2,1-3H3;. The minimum atomic E-state index is -0.268. The quantitative estimate of drug-likeness (QED) is 0.535. The molecule has 4 aliphatic heterocycles. The van der Waals surface area contributed by atoms with Crippen LogP contribution in [-0.4, -0.2) is 107 Å². The van der Waals surface area contributed by atoms with Gasteiger partial charge in [-0.3, -0.25) is 19.4 Å². The normalized spacial score (nSPS) is 24.6. The van der Waals surface area contributed by atoms with Crippen LogP contribution in [0.25, 0.3) is 0 Å². The van der Waals surface area contributed by atoms with Gasteiger partial charge in [0.15, 0.2) is 0 Å². The van der Waals surface area contributed by atoms with Gasteiger partial charge < -0.3 is 9.80 Å². The number of carbonyl (C=O) groups excluding carboxylic acids is 2. The molecule has 4 aliphatic rings. The van der Waals surface area contributed by atoms with Crippen molar-refractivity contribution >= 4 is 11.6 Å². The van der Waals surface area contributed by atoms with Crippen molar-refractivity contribution in [1.82, 2.24) is 19.6 Å². The van der Waals surface area contributed by atoms with Gasteiger partial charge in [-0.25, -0.2) is 0 Å². The monoisotopic (exact) mass is 516 g/mol. The maximum Gasteiger partial charge on any atom is 0.149 e. The summed E-state index contributed by atoms with van der Waals surface area (Å²) < 4.78 is 0. The molecule has 0 N–H and O–H groups in total. The Morgan fingerprint density at radius 3 is 1.03 bits per heavy atom. The molecule has 0 aliphatic carbocycles. The molecule has 4 rings (SSSR count). The molecule has 0 bridgehead atoms. The topological polar surface area (TPSA) is 47.1 Å². The summed E-state index contributed by atoms with van der Waals surface area (Å²) in [6.45, 7) is 21.2. The third kappa shape index (κ3) is 8.21. The zero-order valence-electron chi connectivity index (χ0n) is 23.4. The van der Waals surface area contributed by atoms with E-state index in [9.17, 15) is 9.59 Å². The molecule has 204 valence electrons. The maximum atomic E-state index is 11.7. The minimum absolute atomic E-state index is 0. The fourth-order valence-electron chi connectivity index (χ4n) is 6.24. The zero-order valence-corrected chi connectivity index (χ0v) is 24.1. The molecular weight excluding hydrogens is 464 g/mol. The zero-order chi connectivity index (χ0) is 24.9. The molecule has 0 saturated carbocycles. The van der Waals surface area contributed by atoms with Crippen LogP contribution < -0.4 is 0 Å². The van der Waals surface area contributed by atoms with E-state index in [1.807, 2.05) is 0 Å². The van der Waals surface area contributed by atoms with E-state index in [0.29, 0.717) is 0 Å². The predicted molar refractivity (Wildman–Crippen MR) is 140 cm³/mol. The van der Waals surface area contributed by atoms with Crippen LogP contribution in [0.15, 0.2) is 0 Å². The molecular formula is C28H52ArN4O2. The van der Waals surface area contributed by atoms with Crippen molar-refractivity contribution in [3.8, 4) is 0 Å². The predicted octanol–water partition coefficient (Wildman–Crippen LogP) is 3.83. The first kappa shape index (κ1) is 31.7. The number of piperidine rings is 2. The van der Waals surface area contributed by atoms with E-state index < -0.39 is 0 Å². The Kier molecular flexibility index (Phi) is 12.7. The van der Waals surface area contributed by atoms with Crippen molar-refractivity contribution in [1.29, 1.82) is 0 Å². The van der Waals surface area contributed by atoms with E-state index in [4.69, 9.17) is 0 Å². The van der Waals surface area contributed by atoms with Gasteiger partial charge in [-0.05, 0) is 119 Å². The Morgan fingerprint density at radius 1 is 0.543 bits per heavy atom. The largest absolute Gasteiger partial charge is 0.300 e. The molecule has 0 unspecified atom stereocenters. The number of hydrogen-bond donors (Lipinski definition) is 0. The molecule has 35 heavy (non-hydrogen) atoms. The molecule has 0 aromatic rings. The fraction of sp³-hybridized carbons (Fsp3) is 0.929. The summed E-state index contributed by atoms with van der Waals surface area (Å²) in [6.07, 6.45) is 10.4.